The maximum Gasteiger partial charge on any atom is 0.223 e. The van der Waals surface area contributed by atoms with Crippen molar-refractivity contribution in [3.8, 4) is 0 Å². The minimum Gasteiger partial charge on any atom is -0.353 e. The first kappa shape index (κ1) is 12.9. The molecule has 0 aromatic rings. The molecule has 3 heteroatoms. The van der Waals surface area contributed by atoms with E-state index in [1.165, 1.54) is 12.8 Å². The number of carbonyl (C=O) groups excluding carboxylic acids is 1. The van der Waals surface area contributed by atoms with E-state index >= 15 is 0 Å². The molecule has 2 rings (SSSR count). The molecule has 1 saturated heterocycles. The van der Waals surface area contributed by atoms with E-state index in [2.05, 4.69) is 31.4 Å². The molecule has 0 aromatic heterocycles. The number of nitrogens with one attached hydrogen (secondary N) is 2. The molecule has 1 amide bonds. The maximum absolute atomic E-state index is 12.1. The minimum atomic E-state index is 0.168. The molecular weight excluding hydrogens is 212 g/mol. The number of carbonyl (C=O) groups is 1. The molecule has 1 saturated carbocycles. The number of rotatable bonds is 3. The van der Waals surface area contributed by atoms with Gasteiger partial charge in [-0.25, -0.2) is 0 Å². The Bertz CT molecular complexity index is 284. The lowest BCUT2D eigenvalue weighted by Gasteiger charge is -2.37. The second kappa shape index (κ2) is 4.97. The van der Waals surface area contributed by atoms with Crippen molar-refractivity contribution in [2.24, 2.45) is 17.3 Å². The van der Waals surface area contributed by atoms with E-state index < -0.39 is 0 Å². The van der Waals surface area contributed by atoms with E-state index in [0.29, 0.717) is 17.4 Å². The molecule has 0 spiro atoms. The van der Waals surface area contributed by atoms with E-state index in [0.717, 1.165) is 25.9 Å². The molecule has 0 aromatic carbocycles. The fraction of sp³-hybridized carbons (Fsp3) is 0.929. The van der Waals surface area contributed by atoms with Crippen LogP contribution in [0.1, 0.15) is 46.5 Å². The Kier molecular flexibility index (Phi) is 3.76. The van der Waals surface area contributed by atoms with E-state index in [1.807, 2.05) is 0 Å². The highest BCUT2D eigenvalue weighted by Gasteiger charge is 2.32. The molecule has 1 heterocycles. The standard InChI is InChI=1S/C14H26N2O/c1-10(11-8-15-9-11)13(17)16-12-5-4-6-14(2,3)7-12/h10-12,15H,4-9H2,1-3H3,(H,16,17). The van der Waals surface area contributed by atoms with Crippen LogP contribution < -0.4 is 10.6 Å². The van der Waals surface area contributed by atoms with E-state index in [9.17, 15) is 4.79 Å². The van der Waals surface area contributed by atoms with Crippen LogP contribution in [-0.2, 0) is 4.79 Å². The van der Waals surface area contributed by atoms with Gasteiger partial charge in [0.15, 0.2) is 0 Å². The third-order valence-electron chi connectivity index (χ3n) is 4.49. The summed E-state index contributed by atoms with van der Waals surface area (Å²) in [5.41, 5.74) is 0.400. The Labute approximate surface area is 105 Å². The van der Waals surface area contributed by atoms with Crippen molar-refractivity contribution in [1.82, 2.24) is 10.6 Å². The molecule has 17 heavy (non-hydrogen) atoms. The van der Waals surface area contributed by atoms with Crippen molar-refractivity contribution in [3.63, 3.8) is 0 Å². The Hall–Kier alpha value is -0.570. The summed E-state index contributed by atoms with van der Waals surface area (Å²) in [6.45, 7) is 8.69. The topological polar surface area (TPSA) is 41.1 Å². The van der Waals surface area contributed by atoms with Gasteiger partial charge in [-0.05, 0) is 43.7 Å². The van der Waals surface area contributed by atoms with Crippen molar-refractivity contribution in [3.05, 3.63) is 0 Å². The second-order valence-electron chi connectivity index (χ2n) is 6.67. The van der Waals surface area contributed by atoms with Gasteiger partial charge in [-0.1, -0.05) is 27.2 Å². The summed E-state index contributed by atoms with van der Waals surface area (Å²) >= 11 is 0. The highest BCUT2D eigenvalue weighted by Crippen LogP contribution is 2.35. The summed E-state index contributed by atoms with van der Waals surface area (Å²) in [7, 11) is 0. The highest BCUT2D eigenvalue weighted by molar-refractivity contribution is 5.79. The predicted molar refractivity (Wildman–Crippen MR) is 69.7 cm³/mol. The average Bonchev–Trinajstić information content (AvgIpc) is 2.12. The van der Waals surface area contributed by atoms with Gasteiger partial charge in [0.1, 0.15) is 0 Å². The fourth-order valence-electron chi connectivity index (χ4n) is 3.03. The first-order chi connectivity index (χ1) is 7.98. The van der Waals surface area contributed by atoms with Gasteiger partial charge in [0.2, 0.25) is 5.91 Å². The van der Waals surface area contributed by atoms with Crippen LogP contribution >= 0.6 is 0 Å². The van der Waals surface area contributed by atoms with Gasteiger partial charge in [0.05, 0.1) is 0 Å². The van der Waals surface area contributed by atoms with E-state index in [-0.39, 0.29) is 11.8 Å². The SMILES string of the molecule is CC(C(=O)NC1CCCC(C)(C)C1)C1CNC1. The number of hydrogen-bond acceptors (Lipinski definition) is 2. The lowest BCUT2D eigenvalue weighted by Crippen LogP contribution is -2.51. The molecule has 2 unspecified atom stereocenters. The summed E-state index contributed by atoms with van der Waals surface area (Å²) in [5, 5.41) is 6.49. The molecule has 1 aliphatic carbocycles. The quantitative estimate of drug-likeness (QED) is 0.789. The zero-order valence-corrected chi connectivity index (χ0v) is 11.4. The van der Waals surface area contributed by atoms with Crippen LogP contribution in [0.2, 0.25) is 0 Å². The second-order valence-corrected chi connectivity index (χ2v) is 6.67. The van der Waals surface area contributed by atoms with Gasteiger partial charge < -0.3 is 10.6 Å². The van der Waals surface area contributed by atoms with Gasteiger partial charge >= 0.3 is 0 Å². The van der Waals surface area contributed by atoms with Crippen LogP contribution in [0.15, 0.2) is 0 Å². The molecule has 1 aliphatic heterocycles. The zero-order chi connectivity index (χ0) is 12.5. The first-order valence-electron chi connectivity index (χ1n) is 6.99. The summed E-state index contributed by atoms with van der Waals surface area (Å²) in [5.74, 6) is 0.979. The number of hydrogen-bond donors (Lipinski definition) is 2. The molecule has 2 atom stereocenters. The van der Waals surface area contributed by atoms with Crippen molar-refractivity contribution >= 4 is 5.91 Å². The molecule has 0 bridgehead atoms. The third-order valence-corrected chi connectivity index (χ3v) is 4.49. The van der Waals surface area contributed by atoms with Crippen molar-refractivity contribution in [1.29, 1.82) is 0 Å². The summed E-state index contributed by atoms with van der Waals surface area (Å²) < 4.78 is 0. The Balaban J connectivity index is 1.81. The van der Waals surface area contributed by atoms with Gasteiger partial charge in [0.25, 0.3) is 0 Å². The van der Waals surface area contributed by atoms with Crippen LogP contribution in [0.3, 0.4) is 0 Å². The smallest absolute Gasteiger partial charge is 0.223 e. The largest absolute Gasteiger partial charge is 0.353 e. The van der Waals surface area contributed by atoms with Crippen molar-refractivity contribution < 1.29 is 4.79 Å². The van der Waals surface area contributed by atoms with Gasteiger partial charge in [-0.3, -0.25) is 4.79 Å². The predicted octanol–water partition coefficient (Wildman–Crippen LogP) is 1.93. The first-order valence-corrected chi connectivity index (χ1v) is 6.99. The third kappa shape index (κ3) is 3.21. The molecular formula is C14H26N2O. The molecule has 0 radical (unpaired) electrons. The summed E-state index contributed by atoms with van der Waals surface area (Å²) in [4.78, 5) is 12.1. The van der Waals surface area contributed by atoms with Crippen LogP contribution in [-0.4, -0.2) is 25.0 Å². The van der Waals surface area contributed by atoms with Gasteiger partial charge in [-0.15, -0.1) is 0 Å². The summed E-state index contributed by atoms with van der Waals surface area (Å²) in [6.07, 6.45) is 4.83. The molecule has 2 N–H and O–H groups in total. The van der Waals surface area contributed by atoms with E-state index in [1.54, 1.807) is 0 Å². The average molecular weight is 238 g/mol. The monoisotopic (exact) mass is 238 g/mol. The highest BCUT2D eigenvalue weighted by atomic mass is 16.1. The van der Waals surface area contributed by atoms with Crippen LogP contribution in [0, 0.1) is 17.3 Å². The molecule has 3 nitrogen and oxygen atoms in total. The van der Waals surface area contributed by atoms with Gasteiger partial charge in [0, 0.05) is 12.0 Å². The van der Waals surface area contributed by atoms with Crippen LogP contribution in [0.4, 0.5) is 0 Å². The summed E-state index contributed by atoms with van der Waals surface area (Å²) in [6, 6.07) is 0.404. The zero-order valence-electron chi connectivity index (χ0n) is 11.4. The Morgan fingerprint density at radius 3 is 2.65 bits per heavy atom. The normalized spacial score (nSPS) is 30.4. The number of amides is 1. The lowest BCUT2D eigenvalue weighted by atomic mass is 9.75. The van der Waals surface area contributed by atoms with E-state index in [4.69, 9.17) is 0 Å². The molecule has 2 aliphatic rings. The minimum absolute atomic E-state index is 0.168. The van der Waals surface area contributed by atoms with Crippen LogP contribution in [0.25, 0.3) is 0 Å². The molecule has 2 fully saturated rings. The lowest BCUT2D eigenvalue weighted by molar-refractivity contribution is -0.127. The Morgan fingerprint density at radius 2 is 2.12 bits per heavy atom. The maximum atomic E-state index is 12.1. The molecule has 98 valence electrons. The van der Waals surface area contributed by atoms with Crippen molar-refractivity contribution in [2.45, 2.75) is 52.5 Å². The van der Waals surface area contributed by atoms with Crippen molar-refractivity contribution in [2.75, 3.05) is 13.1 Å². The Morgan fingerprint density at radius 1 is 1.41 bits per heavy atom. The van der Waals surface area contributed by atoms with Crippen LogP contribution in [0.5, 0.6) is 0 Å². The fourth-order valence-corrected chi connectivity index (χ4v) is 3.03. The van der Waals surface area contributed by atoms with Gasteiger partial charge in [-0.2, -0.15) is 0 Å².